The summed E-state index contributed by atoms with van der Waals surface area (Å²) < 4.78 is 32.5. The van der Waals surface area contributed by atoms with E-state index >= 15 is 0 Å². The lowest BCUT2D eigenvalue weighted by Gasteiger charge is -2.22. The summed E-state index contributed by atoms with van der Waals surface area (Å²) in [5.41, 5.74) is 6.26. The number of hydrogen-bond acceptors (Lipinski definition) is 4. The Kier molecular flexibility index (Phi) is 5.40. The third-order valence-corrected chi connectivity index (χ3v) is 5.24. The van der Waals surface area contributed by atoms with Gasteiger partial charge in [0, 0.05) is 19.7 Å². The second kappa shape index (κ2) is 6.87. The maximum absolute atomic E-state index is 12.3. The molecule has 0 aromatic heterocycles. The fourth-order valence-electron chi connectivity index (χ4n) is 2.15. The second-order valence-corrected chi connectivity index (χ2v) is 7.05. The molecule has 1 aromatic rings. The molecule has 1 unspecified atom stereocenters. The topological polar surface area (TPSA) is 81.4 Å². The molecule has 1 aromatic carbocycles. The summed E-state index contributed by atoms with van der Waals surface area (Å²) >= 11 is 5.97. The largest absolute Gasteiger partial charge is 0.381 e. The molecule has 112 valence electrons. The fraction of sp³-hybridized carbons (Fsp3) is 0.538. The van der Waals surface area contributed by atoms with Crippen molar-refractivity contribution in [2.24, 2.45) is 11.7 Å². The molecule has 0 saturated carbocycles. The Morgan fingerprint density at radius 2 is 2.25 bits per heavy atom. The number of sulfonamides is 1. The van der Waals surface area contributed by atoms with Gasteiger partial charge >= 0.3 is 0 Å². The van der Waals surface area contributed by atoms with Crippen molar-refractivity contribution in [2.45, 2.75) is 24.3 Å². The zero-order valence-corrected chi connectivity index (χ0v) is 12.7. The van der Waals surface area contributed by atoms with Gasteiger partial charge in [-0.3, -0.25) is 0 Å². The van der Waals surface area contributed by atoms with E-state index in [4.69, 9.17) is 22.1 Å². The average Bonchev–Trinajstić information content (AvgIpc) is 2.47. The van der Waals surface area contributed by atoms with Gasteiger partial charge in [0.05, 0.1) is 11.6 Å². The van der Waals surface area contributed by atoms with Crippen molar-refractivity contribution >= 4 is 21.6 Å². The van der Waals surface area contributed by atoms with E-state index in [2.05, 4.69) is 4.72 Å². The number of benzene rings is 1. The van der Waals surface area contributed by atoms with Crippen molar-refractivity contribution in [1.82, 2.24) is 4.72 Å². The highest BCUT2D eigenvalue weighted by Gasteiger charge is 2.21. The van der Waals surface area contributed by atoms with Crippen molar-refractivity contribution in [3.63, 3.8) is 0 Å². The highest BCUT2D eigenvalue weighted by molar-refractivity contribution is 7.89. The standard InChI is InChI=1S/C13H19ClN2O3S/c14-12-4-3-10(7-15)6-13(12)20(17,18)16-8-11-2-1-5-19-9-11/h3-4,6,11,16H,1-2,5,7-9,15H2. The van der Waals surface area contributed by atoms with E-state index in [0.717, 1.165) is 25.0 Å². The minimum absolute atomic E-state index is 0.0823. The Morgan fingerprint density at radius 3 is 2.90 bits per heavy atom. The Bertz CT molecular complexity index is 557. The van der Waals surface area contributed by atoms with Gasteiger partial charge in [0.15, 0.2) is 0 Å². The van der Waals surface area contributed by atoms with E-state index in [-0.39, 0.29) is 22.4 Å². The Hall–Kier alpha value is -0.660. The van der Waals surface area contributed by atoms with Gasteiger partial charge in [0.25, 0.3) is 0 Å². The van der Waals surface area contributed by atoms with Crippen LogP contribution in [-0.4, -0.2) is 28.2 Å². The maximum Gasteiger partial charge on any atom is 0.242 e. The highest BCUT2D eigenvalue weighted by Crippen LogP contribution is 2.23. The van der Waals surface area contributed by atoms with Crippen LogP contribution in [-0.2, 0) is 21.3 Å². The molecule has 1 heterocycles. The Labute approximate surface area is 124 Å². The van der Waals surface area contributed by atoms with Crippen LogP contribution in [0.5, 0.6) is 0 Å². The SMILES string of the molecule is NCc1ccc(Cl)c(S(=O)(=O)NCC2CCCOC2)c1. The molecule has 0 spiro atoms. The summed E-state index contributed by atoms with van der Waals surface area (Å²) in [4.78, 5) is 0.0823. The van der Waals surface area contributed by atoms with Crippen molar-refractivity contribution in [3.8, 4) is 0 Å². The van der Waals surface area contributed by atoms with Gasteiger partial charge in [-0.1, -0.05) is 17.7 Å². The number of hydrogen-bond donors (Lipinski definition) is 2. The summed E-state index contributed by atoms with van der Waals surface area (Å²) in [5.74, 6) is 0.218. The molecule has 20 heavy (non-hydrogen) atoms. The number of nitrogens with two attached hydrogens (primary N) is 1. The van der Waals surface area contributed by atoms with E-state index in [9.17, 15) is 8.42 Å². The van der Waals surface area contributed by atoms with Gasteiger partial charge in [0.1, 0.15) is 4.90 Å². The quantitative estimate of drug-likeness (QED) is 0.862. The molecule has 1 aliphatic rings. The monoisotopic (exact) mass is 318 g/mol. The molecule has 2 rings (SSSR count). The van der Waals surface area contributed by atoms with Crippen LogP contribution in [0.1, 0.15) is 18.4 Å². The van der Waals surface area contributed by atoms with E-state index in [0.29, 0.717) is 13.2 Å². The van der Waals surface area contributed by atoms with Crippen LogP contribution in [0.25, 0.3) is 0 Å². The predicted octanol–water partition coefficient (Wildman–Crippen LogP) is 1.50. The smallest absolute Gasteiger partial charge is 0.242 e. The molecular formula is C13H19ClN2O3S. The molecular weight excluding hydrogens is 300 g/mol. The van der Waals surface area contributed by atoms with E-state index in [1.165, 1.54) is 6.07 Å². The molecule has 1 aliphatic heterocycles. The van der Waals surface area contributed by atoms with Gasteiger partial charge in [-0.05, 0) is 36.5 Å². The molecule has 0 amide bonds. The molecule has 0 aliphatic carbocycles. The molecule has 7 heteroatoms. The lowest BCUT2D eigenvalue weighted by Crippen LogP contribution is -2.33. The van der Waals surface area contributed by atoms with Crippen molar-refractivity contribution < 1.29 is 13.2 Å². The van der Waals surface area contributed by atoms with Crippen LogP contribution in [0.15, 0.2) is 23.1 Å². The van der Waals surface area contributed by atoms with Crippen molar-refractivity contribution in [2.75, 3.05) is 19.8 Å². The lowest BCUT2D eigenvalue weighted by molar-refractivity contribution is 0.0568. The van der Waals surface area contributed by atoms with Gasteiger partial charge in [-0.2, -0.15) is 0 Å². The third kappa shape index (κ3) is 3.93. The third-order valence-electron chi connectivity index (χ3n) is 3.34. The lowest BCUT2D eigenvalue weighted by atomic mass is 10.0. The van der Waals surface area contributed by atoms with Gasteiger partial charge in [0.2, 0.25) is 10.0 Å². The van der Waals surface area contributed by atoms with Crippen LogP contribution in [0.2, 0.25) is 5.02 Å². The number of halogens is 1. The summed E-state index contributed by atoms with van der Waals surface area (Å²) in [6, 6.07) is 4.79. The van der Waals surface area contributed by atoms with Crippen molar-refractivity contribution in [3.05, 3.63) is 28.8 Å². The maximum atomic E-state index is 12.3. The highest BCUT2D eigenvalue weighted by atomic mass is 35.5. The van der Waals surface area contributed by atoms with Crippen LogP contribution in [0.3, 0.4) is 0 Å². The summed E-state index contributed by atoms with van der Waals surface area (Å²) in [5, 5.41) is 0.203. The Balaban J connectivity index is 2.09. The molecule has 3 N–H and O–H groups in total. The van der Waals surface area contributed by atoms with E-state index < -0.39 is 10.0 Å². The minimum atomic E-state index is -3.62. The number of rotatable bonds is 5. The summed E-state index contributed by atoms with van der Waals surface area (Å²) in [6.45, 7) is 1.99. The van der Waals surface area contributed by atoms with Crippen LogP contribution >= 0.6 is 11.6 Å². The zero-order chi connectivity index (χ0) is 14.6. The van der Waals surface area contributed by atoms with Crippen molar-refractivity contribution in [1.29, 1.82) is 0 Å². The number of ether oxygens (including phenoxy) is 1. The second-order valence-electron chi connectivity index (χ2n) is 4.90. The molecule has 5 nitrogen and oxygen atoms in total. The first-order chi connectivity index (χ1) is 9.53. The minimum Gasteiger partial charge on any atom is -0.381 e. The van der Waals surface area contributed by atoms with E-state index in [1.54, 1.807) is 12.1 Å². The molecule has 1 saturated heterocycles. The first-order valence-electron chi connectivity index (χ1n) is 6.59. The van der Waals surface area contributed by atoms with Crippen LogP contribution in [0, 0.1) is 5.92 Å². The summed E-state index contributed by atoms with van der Waals surface area (Å²) in [6.07, 6.45) is 1.94. The zero-order valence-electron chi connectivity index (χ0n) is 11.1. The molecule has 1 fully saturated rings. The summed E-state index contributed by atoms with van der Waals surface area (Å²) in [7, 11) is -3.62. The average molecular weight is 319 g/mol. The molecule has 0 bridgehead atoms. The first-order valence-corrected chi connectivity index (χ1v) is 8.45. The molecule has 1 atom stereocenters. The van der Waals surface area contributed by atoms with Gasteiger partial charge in [-0.25, -0.2) is 13.1 Å². The Morgan fingerprint density at radius 1 is 1.45 bits per heavy atom. The fourth-order valence-corrected chi connectivity index (χ4v) is 3.82. The predicted molar refractivity (Wildman–Crippen MR) is 78.1 cm³/mol. The van der Waals surface area contributed by atoms with Crippen LogP contribution in [0.4, 0.5) is 0 Å². The number of nitrogens with one attached hydrogen (secondary N) is 1. The first kappa shape index (κ1) is 15.7. The molecule has 0 radical (unpaired) electrons. The van der Waals surface area contributed by atoms with E-state index in [1.807, 2.05) is 0 Å². The van der Waals surface area contributed by atoms with Gasteiger partial charge in [-0.15, -0.1) is 0 Å². The normalized spacial score (nSPS) is 20.0. The van der Waals surface area contributed by atoms with Crippen LogP contribution < -0.4 is 10.5 Å². The van der Waals surface area contributed by atoms with Gasteiger partial charge < -0.3 is 10.5 Å².